The van der Waals surface area contributed by atoms with Crippen molar-refractivity contribution in [2.24, 2.45) is 15.8 Å². The molecule has 0 saturated heterocycles. The van der Waals surface area contributed by atoms with Gasteiger partial charge in [-0.05, 0) is 17.6 Å². The van der Waals surface area contributed by atoms with Crippen LogP contribution in [0.4, 0.5) is 0 Å². The molecule has 0 N–H and O–H groups in total. The smallest absolute Gasteiger partial charge is 0.211 e. The second kappa shape index (κ2) is 5.58. The highest BCUT2D eigenvalue weighted by Crippen LogP contribution is 2.39. The van der Waals surface area contributed by atoms with E-state index in [0.29, 0.717) is 0 Å². The Balaban J connectivity index is 2.63. The Labute approximate surface area is 142 Å². The fourth-order valence-corrected chi connectivity index (χ4v) is 3.02. The average molecular weight is 314 g/mol. The lowest BCUT2D eigenvalue weighted by molar-refractivity contribution is -0.756. The zero-order valence-electron chi connectivity index (χ0n) is 16.4. The van der Waals surface area contributed by atoms with Gasteiger partial charge < -0.3 is 0 Å². The number of hydrogen-bond donors (Lipinski definition) is 0. The van der Waals surface area contributed by atoms with Crippen molar-refractivity contribution in [3.8, 4) is 0 Å². The van der Waals surface area contributed by atoms with Gasteiger partial charge in [0.1, 0.15) is 0 Å². The molecule has 1 aliphatic heterocycles. The Hall–Kier alpha value is -1.44. The maximum absolute atomic E-state index is 5.12. The van der Waals surface area contributed by atoms with Gasteiger partial charge in [-0.3, -0.25) is 4.99 Å². The van der Waals surface area contributed by atoms with E-state index < -0.39 is 0 Å². The van der Waals surface area contributed by atoms with Crippen molar-refractivity contribution in [2.45, 2.75) is 73.9 Å². The van der Waals surface area contributed by atoms with E-state index in [4.69, 9.17) is 4.99 Å². The first kappa shape index (κ1) is 17.9. The van der Waals surface area contributed by atoms with Crippen molar-refractivity contribution in [1.82, 2.24) is 0 Å². The van der Waals surface area contributed by atoms with Crippen LogP contribution in [0.3, 0.4) is 0 Å². The highest BCUT2D eigenvalue weighted by Gasteiger charge is 2.39. The molecule has 23 heavy (non-hydrogen) atoms. The van der Waals surface area contributed by atoms with Gasteiger partial charge >= 0.3 is 0 Å². The molecule has 0 spiro atoms. The van der Waals surface area contributed by atoms with Crippen LogP contribution in [0.2, 0.25) is 0 Å². The van der Waals surface area contributed by atoms with Gasteiger partial charge in [0, 0.05) is 44.0 Å². The molecule has 0 fully saturated rings. The molecule has 0 radical (unpaired) electrons. The van der Waals surface area contributed by atoms with E-state index in [0.717, 1.165) is 0 Å². The van der Waals surface area contributed by atoms with Crippen molar-refractivity contribution in [3.05, 3.63) is 36.2 Å². The van der Waals surface area contributed by atoms with E-state index in [1.54, 1.807) is 0 Å². The van der Waals surface area contributed by atoms with Gasteiger partial charge in [0.15, 0.2) is 11.7 Å². The van der Waals surface area contributed by atoms with E-state index in [1.165, 1.54) is 17.0 Å². The summed E-state index contributed by atoms with van der Waals surface area (Å²) < 4.78 is 2.37. The zero-order valence-corrected chi connectivity index (χ0v) is 16.4. The lowest BCUT2D eigenvalue weighted by atomic mass is 9.81. The molecule has 1 atom stereocenters. The monoisotopic (exact) mass is 313 g/mol. The summed E-state index contributed by atoms with van der Waals surface area (Å²) in [6.07, 6.45) is 4.51. The second-order valence-corrected chi connectivity index (χ2v) is 9.76. The Morgan fingerprint density at radius 1 is 0.913 bits per heavy atom. The summed E-state index contributed by atoms with van der Waals surface area (Å²) in [5, 5.41) is 0. The maximum Gasteiger partial charge on any atom is 0.211 e. The summed E-state index contributed by atoms with van der Waals surface area (Å²) in [6, 6.07) is 6.68. The first-order valence-corrected chi connectivity index (χ1v) is 8.63. The normalized spacial score (nSPS) is 19.6. The largest absolute Gasteiger partial charge is 0.280 e. The number of pyridine rings is 1. The van der Waals surface area contributed by atoms with Gasteiger partial charge in [-0.1, -0.05) is 41.5 Å². The van der Waals surface area contributed by atoms with Crippen molar-refractivity contribution in [1.29, 1.82) is 0 Å². The number of hydrogen-bond acceptors (Lipinski definition) is 1. The van der Waals surface area contributed by atoms with Crippen LogP contribution in [0.5, 0.6) is 0 Å². The van der Waals surface area contributed by atoms with Crippen LogP contribution in [0.25, 0.3) is 5.57 Å². The third kappa shape index (κ3) is 3.73. The zero-order chi connectivity index (χ0) is 17.6. The van der Waals surface area contributed by atoms with Crippen LogP contribution in [0.15, 0.2) is 35.5 Å². The number of allylic oxidation sites excluding steroid dienone is 1. The van der Waals surface area contributed by atoms with Crippen molar-refractivity contribution < 1.29 is 4.57 Å². The average Bonchev–Trinajstić information content (AvgIpc) is 2.82. The predicted molar refractivity (Wildman–Crippen MR) is 99.7 cm³/mol. The molecule has 2 heterocycles. The quantitative estimate of drug-likeness (QED) is 0.647. The molecule has 1 aromatic rings. The Kier molecular flexibility index (Phi) is 4.34. The van der Waals surface area contributed by atoms with E-state index in [2.05, 4.69) is 97.4 Å². The van der Waals surface area contributed by atoms with E-state index >= 15 is 0 Å². The van der Waals surface area contributed by atoms with Crippen molar-refractivity contribution in [3.63, 3.8) is 0 Å². The number of aliphatic imine (C=N–C) groups is 1. The topological polar surface area (TPSA) is 16.2 Å². The standard InChI is InChI=1S/C21H33N2/c1-19(2,3)17-14-15(18(22-17)20(4,5)6)16-12-10-11-13-23(16)21(7,8)9/h10-14,18H,1-9H3/q+1. The first-order valence-electron chi connectivity index (χ1n) is 8.63. The summed E-state index contributed by atoms with van der Waals surface area (Å²) in [6.45, 7) is 20.3. The molecule has 0 aliphatic carbocycles. The van der Waals surface area contributed by atoms with E-state index in [9.17, 15) is 0 Å². The second-order valence-electron chi connectivity index (χ2n) is 9.76. The molecule has 2 nitrogen and oxygen atoms in total. The van der Waals surface area contributed by atoms with Gasteiger partial charge in [-0.2, -0.15) is 4.57 Å². The summed E-state index contributed by atoms with van der Waals surface area (Å²) in [5.41, 5.74) is 4.05. The molecule has 2 heteroatoms. The molecular weight excluding hydrogens is 280 g/mol. The summed E-state index contributed by atoms with van der Waals surface area (Å²) in [5.74, 6) is 0. The molecule has 1 aliphatic rings. The molecule has 0 aromatic carbocycles. The summed E-state index contributed by atoms with van der Waals surface area (Å²) in [7, 11) is 0. The highest BCUT2D eigenvalue weighted by molar-refractivity contribution is 6.08. The number of rotatable bonds is 1. The van der Waals surface area contributed by atoms with Gasteiger partial charge in [-0.25, -0.2) is 0 Å². The fourth-order valence-electron chi connectivity index (χ4n) is 3.02. The minimum atomic E-state index is 0.0460. The van der Waals surface area contributed by atoms with Gasteiger partial charge in [-0.15, -0.1) is 0 Å². The molecule has 0 amide bonds. The Morgan fingerprint density at radius 2 is 1.52 bits per heavy atom. The Bertz CT molecular complexity index is 644. The lowest BCUT2D eigenvalue weighted by Gasteiger charge is -2.28. The van der Waals surface area contributed by atoms with Crippen molar-refractivity contribution in [2.75, 3.05) is 0 Å². The Morgan fingerprint density at radius 3 is 2.00 bits per heavy atom. The van der Waals surface area contributed by atoms with Crippen LogP contribution < -0.4 is 4.57 Å². The predicted octanol–water partition coefficient (Wildman–Crippen LogP) is 5.03. The van der Waals surface area contributed by atoms with E-state index in [-0.39, 0.29) is 22.4 Å². The molecule has 1 unspecified atom stereocenters. The van der Waals surface area contributed by atoms with Crippen molar-refractivity contribution >= 4 is 11.3 Å². The van der Waals surface area contributed by atoms with Crippen LogP contribution in [-0.2, 0) is 5.54 Å². The minimum Gasteiger partial charge on any atom is -0.280 e. The van der Waals surface area contributed by atoms with Crippen LogP contribution in [-0.4, -0.2) is 11.8 Å². The number of aromatic nitrogens is 1. The highest BCUT2D eigenvalue weighted by atomic mass is 15.0. The third-order valence-electron chi connectivity index (χ3n) is 4.32. The summed E-state index contributed by atoms with van der Waals surface area (Å²) in [4.78, 5) is 5.12. The molecule has 1 aromatic heterocycles. The van der Waals surface area contributed by atoms with Gasteiger partial charge in [0.2, 0.25) is 5.69 Å². The third-order valence-corrected chi connectivity index (χ3v) is 4.32. The van der Waals surface area contributed by atoms with Gasteiger partial charge in [0.25, 0.3) is 0 Å². The molecular formula is C21H33N2+. The molecule has 0 saturated carbocycles. The SMILES string of the molecule is CC(C)(C)C1=NC(C(C)(C)C)C(c2cccc[n+]2C(C)(C)C)=C1. The minimum absolute atomic E-state index is 0.0460. The number of nitrogens with zero attached hydrogens (tertiary/aromatic N) is 2. The maximum atomic E-state index is 5.12. The molecule has 0 bridgehead atoms. The lowest BCUT2D eigenvalue weighted by Crippen LogP contribution is -2.53. The fraction of sp³-hybridized carbons (Fsp3) is 0.619. The molecule has 2 rings (SSSR count). The first-order chi connectivity index (χ1) is 10.3. The summed E-state index contributed by atoms with van der Waals surface area (Å²) >= 11 is 0. The van der Waals surface area contributed by atoms with Crippen LogP contribution in [0.1, 0.15) is 68.0 Å². The van der Waals surface area contributed by atoms with Gasteiger partial charge in [0.05, 0.1) is 11.6 Å². The van der Waals surface area contributed by atoms with E-state index in [1.807, 2.05) is 0 Å². The molecule has 126 valence electrons. The van der Waals surface area contributed by atoms with Crippen LogP contribution >= 0.6 is 0 Å². The van der Waals surface area contributed by atoms with Crippen LogP contribution in [0, 0.1) is 10.8 Å².